The Morgan fingerprint density at radius 3 is 2.33 bits per heavy atom. The van der Waals surface area contributed by atoms with Gasteiger partial charge in [0.2, 0.25) is 10.0 Å². The average Bonchev–Trinajstić information content (AvgIpc) is 2.84. The number of aromatic nitrogens is 1. The molecule has 1 heterocycles. The molecule has 0 radical (unpaired) electrons. The van der Waals surface area contributed by atoms with Crippen LogP contribution in [0.25, 0.3) is 10.9 Å². The number of fused-ring (bicyclic) bond motifs is 1. The topological polar surface area (TPSA) is 116 Å². The Hall–Kier alpha value is -4.38. The number of benzene rings is 3. The zero-order valence-electron chi connectivity index (χ0n) is 19.3. The molecule has 0 atom stereocenters. The van der Waals surface area contributed by atoms with E-state index in [-0.39, 0.29) is 17.2 Å². The van der Waals surface area contributed by atoms with Gasteiger partial charge in [0.15, 0.2) is 23.1 Å². The van der Waals surface area contributed by atoms with Crippen molar-refractivity contribution in [2.24, 2.45) is 0 Å². The van der Waals surface area contributed by atoms with E-state index in [4.69, 9.17) is 14.2 Å². The van der Waals surface area contributed by atoms with Gasteiger partial charge in [-0.15, -0.1) is 0 Å². The molecule has 0 aliphatic carbocycles. The van der Waals surface area contributed by atoms with Crippen LogP contribution in [-0.4, -0.2) is 33.7 Å². The highest BCUT2D eigenvalue weighted by atomic mass is 32.2. The summed E-state index contributed by atoms with van der Waals surface area (Å²) in [5.74, 6) is 0.00548. The summed E-state index contributed by atoms with van der Waals surface area (Å²) in [7, 11) is -0.947. The van der Waals surface area contributed by atoms with E-state index in [1.807, 2.05) is 4.72 Å². The summed E-state index contributed by atoms with van der Waals surface area (Å²) in [6.45, 7) is 0. The molecule has 0 saturated carbocycles. The Kier molecular flexibility index (Phi) is 7.20. The van der Waals surface area contributed by atoms with Gasteiger partial charge in [0.1, 0.15) is 5.75 Å². The van der Waals surface area contributed by atoms with E-state index in [9.17, 15) is 17.6 Å². The van der Waals surface area contributed by atoms with Crippen molar-refractivity contribution in [2.75, 3.05) is 19.5 Å². The van der Waals surface area contributed by atoms with Crippen molar-refractivity contribution in [1.82, 2.24) is 9.71 Å². The van der Waals surface area contributed by atoms with E-state index >= 15 is 0 Å². The first-order valence-electron chi connectivity index (χ1n) is 10.6. The lowest BCUT2D eigenvalue weighted by Gasteiger charge is -2.13. The third-order valence-electron chi connectivity index (χ3n) is 5.06. The van der Waals surface area contributed by atoms with Crippen LogP contribution in [0.4, 0.5) is 14.9 Å². The first-order chi connectivity index (χ1) is 17.3. The van der Waals surface area contributed by atoms with Crippen LogP contribution >= 0.6 is 0 Å². The van der Waals surface area contributed by atoms with E-state index < -0.39 is 21.9 Å². The molecule has 36 heavy (non-hydrogen) atoms. The zero-order valence-corrected chi connectivity index (χ0v) is 20.1. The molecule has 0 spiro atoms. The second kappa shape index (κ2) is 10.5. The van der Waals surface area contributed by atoms with Crippen molar-refractivity contribution < 1.29 is 31.8 Å². The van der Waals surface area contributed by atoms with Crippen LogP contribution in [0.2, 0.25) is 0 Å². The van der Waals surface area contributed by atoms with Gasteiger partial charge in [-0.1, -0.05) is 30.3 Å². The molecular formula is C25H22FN3O6S. The summed E-state index contributed by atoms with van der Waals surface area (Å²) in [6.07, 6.45) is 1.51. The number of urea groups is 1. The van der Waals surface area contributed by atoms with Crippen molar-refractivity contribution in [2.45, 2.75) is 5.75 Å². The number of hydrogen-bond acceptors (Lipinski definition) is 7. The molecule has 0 aliphatic heterocycles. The molecular weight excluding hydrogens is 489 g/mol. The fourth-order valence-corrected chi connectivity index (χ4v) is 4.48. The van der Waals surface area contributed by atoms with Gasteiger partial charge < -0.3 is 19.5 Å². The van der Waals surface area contributed by atoms with Gasteiger partial charge in [-0.2, -0.15) is 0 Å². The minimum atomic E-state index is -3.95. The van der Waals surface area contributed by atoms with Crippen molar-refractivity contribution in [3.8, 4) is 23.0 Å². The molecule has 1 aromatic heterocycles. The number of amides is 2. The number of rotatable bonds is 8. The number of nitrogens with one attached hydrogen (secondary N) is 2. The second-order valence-corrected chi connectivity index (χ2v) is 9.30. The highest BCUT2D eigenvalue weighted by Crippen LogP contribution is 2.37. The summed E-state index contributed by atoms with van der Waals surface area (Å²) in [5.41, 5.74) is 1.11. The lowest BCUT2D eigenvalue weighted by atomic mass is 10.2. The molecule has 9 nitrogen and oxygen atoms in total. The van der Waals surface area contributed by atoms with E-state index in [1.165, 1.54) is 32.5 Å². The Morgan fingerprint density at radius 2 is 1.64 bits per heavy atom. The van der Waals surface area contributed by atoms with E-state index in [0.29, 0.717) is 33.7 Å². The van der Waals surface area contributed by atoms with E-state index in [2.05, 4.69) is 10.3 Å². The normalized spacial score (nSPS) is 11.1. The standard InChI is InChI=1S/C25H22FN3O6S/c1-33-23-13-18-20(14-24(23)34-2)27-11-10-21(18)35-22-9-8-17(12-19(22)26)28-25(30)29-36(31,32)15-16-6-4-3-5-7-16/h3-14H,15H2,1-2H3,(H2,28,29,30). The maximum atomic E-state index is 14.8. The summed E-state index contributed by atoms with van der Waals surface area (Å²) in [6, 6.07) is 16.0. The number of sulfonamides is 1. The molecule has 3 aromatic carbocycles. The summed E-state index contributed by atoms with van der Waals surface area (Å²) >= 11 is 0. The molecule has 0 fully saturated rings. The molecule has 186 valence electrons. The summed E-state index contributed by atoms with van der Waals surface area (Å²) in [4.78, 5) is 16.5. The van der Waals surface area contributed by atoms with Gasteiger partial charge in [0.05, 0.1) is 25.5 Å². The minimum Gasteiger partial charge on any atom is -0.493 e. The third kappa shape index (κ3) is 5.81. The Morgan fingerprint density at radius 1 is 0.917 bits per heavy atom. The fourth-order valence-electron chi connectivity index (χ4n) is 3.44. The Labute approximate surface area is 206 Å². The largest absolute Gasteiger partial charge is 0.493 e. The first-order valence-corrected chi connectivity index (χ1v) is 12.3. The fraction of sp³-hybridized carbons (Fsp3) is 0.120. The number of halogens is 1. The molecule has 0 bridgehead atoms. The van der Waals surface area contributed by atoms with Gasteiger partial charge in [0.25, 0.3) is 0 Å². The molecule has 0 unspecified atom stereocenters. The number of ether oxygens (including phenoxy) is 3. The highest BCUT2D eigenvalue weighted by molar-refractivity contribution is 7.89. The maximum absolute atomic E-state index is 14.8. The molecule has 2 amide bonds. The number of nitrogens with zero attached hydrogens (tertiary/aromatic N) is 1. The number of carbonyl (C=O) groups excluding carboxylic acids is 1. The molecule has 4 aromatic rings. The van der Waals surface area contributed by atoms with E-state index in [1.54, 1.807) is 48.5 Å². The minimum absolute atomic E-state index is 0.0400. The van der Waals surface area contributed by atoms with Gasteiger partial charge in [-0.05, 0) is 29.8 Å². The van der Waals surface area contributed by atoms with Crippen LogP contribution in [-0.2, 0) is 15.8 Å². The number of hydrogen-bond donors (Lipinski definition) is 2. The molecule has 2 N–H and O–H groups in total. The lowest BCUT2D eigenvalue weighted by Crippen LogP contribution is -2.35. The number of pyridine rings is 1. The maximum Gasteiger partial charge on any atom is 0.332 e. The SMILES string of the molecule is COc1cc2nccc(Oc3ccc(NC(=O)NS(=O)(=O)Cc4ccccc4)cc3F)c2cc1OC. The summed E-state index contributed by atoms with van der Waals surface area (Å²) < 4.78 is 57.5. The number of methoxy groups -OCH3 is 2. The van der Waals surface area contributed by atoms with Gasteiger partial charge in [-0.3, -0.25) is 4.98 Å². The van der Waals surface area contributed by atoms with Crippen LogP contribution < -0.4 is 24.2 Å². The average molecular weight is 512 g/mol. The predicted octanol–water partition coefficient (Wildman–Crippen LogP) is 4.83. The number of carbonyl (C=O) groups is 1. The Balaban J connectivity index is 1.48. The van der Waals surface area contributed by atoms with Crippen molar-refractivity contribution in [3.63, 3.8) is 0 Å². The highest BCUT2D eigenvalue weighted by Gasteiger charge is 2.17. The first kappa shape index (κ1) is 24.7. The van der Waals surface area contributed by atoms with Gasteiger partial charge in [0, 0.05) is 29.4 Å². The Bertz CT molecular complexity index is 1510. The second-order valence-electron chi connectivity index (χ2n) is 7.58. The van der Waals surface area contributed by atoms with Crippen LogP contribution in [0, 0.1) is 5.82 Å². The molecule has 4 rings (SSSR count). The predicted molar refractivity (Wildman–Crippen MR) is 133 cm³/mol. The van der Waals surface area contributed by atoms with Crippen molar-refractivity contribution in [1.29, 1.82) is 0 Å². The van der Waals surface area contributed by atoms with Crippen LogP contribution in [0.1, 0.15) is 5.56 Å². The molecule has 0 saturated heterocycles. The number of anilines is 1. The third-order valence-corrected chi connectivity index (χ3v) is 6.27. The lowest BCUT2D eigenvalue weighted by molar-refractivity contribution is 0.256. The van der Waals surface area contributed by atoms with Gasteiger partial charge in [-0.25, -0.2) is 22.3 Å². The van der Waals surface area contributed by atoms with Gasteiger partial charge >= 0.3 is 6.03 Å². The van der Waals surface area contributed by atoms with E-state index in [0.717, 1.165) is 6.07 Å². The smallest absolute Gasteiger partial charge is 0.332 e. The van der Waals surface area contributed by atoms with Crippen LogP contribution in [0.3, 0.4) is 0 Å². The summed E-state index contributed by atoms with van der Waals surface area (Å²) in [5, 5.41) is 2.88. The molecule has 11 heteroatoms. The monoisotopic (exact) mass is 511 g/mol. The zero-order chi connectivity index (χ0) is 25.7. The quantitative estimate of drug-likeness (QED) is 0.348. The van der Waals surface area contributed by atoms with Crippen molar-refractivity contribution >= 4 is 32.6 Å². The van der Waals surface area contributed by atoms with Crippen molar-refractivity contribution in [3.05, 3.63) is 84.3 Å². The molecule has 0 aliphatic rings. The van der Waals surface area contributed by atoms with Crippen LogP contribution in [0.15, 0.2) is 72.9 Å². The van der Waals surface area contributed by atoms with Crippen LogP contribution in [0.5, 0.6) is 23.0 Å².